The average Bonchev–Trinajstić information content (AvgIpc) is 3.59. The molecule has 2 fully saturated rings. The minimum absolute atomic E-state index is 0.0660. The Labute approximate surface area is 202 Å². The lowest BCUT2D eigenvalue weighted by molar-refractivity contribution is 0.105. The van der Waals surface area contributed by atoms with Gasteiger partial charge in [-0.05, 0) is 79.1 Å². The fourth-order valence-corrected chi connectivity index (χ4v) is 6.60. The number of nitrogens with one attached hydrogen (secondary N) is 2. The molecule has 1 aliphatic heterocycles. The fourth-order valence-electron chi connectivity index (χ4n) is 4.74. The molecule has 184 valence electrons. The highest BCUT2D eigenvalue weighted by Gasteiger charge is 2.38. The first-order valence-electron chi connectivity index (χ1n) is 12.1. The summed E-state index contributed by atoms with van der Waals surface area (Å²) >= 11 is 0. The Hall–Kier alpha value is -2.29. The van der Waals surface area contributed by atoms with Gasteiger partial charge in [-0.25, -0.2) is 12.8 Å². The standard InChI is InChI=1S/C26H35FN4O2S/c1-18(2)15-30-10-11-31(34(32,33)17-20-4-5-20)16-26(30)24-13-21(14-28)25(12-19(24)3)29-23-8-6-22(27)7-9-23/h6-9,12-14,18,20,26,28-29H,4-5,10-11,15-17H2,1-3H3/t26-/m0/s1. The molecule has 2 aromatic carbocycles. The Bertz CT molecular complexity index is 1130. The zero-order valence-electron chi connectivity index (χ0n) is 20.2. The van der Waals surface area contributed by atoms with Crippen molar-refractivity contribution in [2.24, 2.45) is 11.8 Å². The summed E-state index contributed by atoms with van der Waals surface area (Å²) < 4.78 is 41.1. The molecule has 2 aliphatic rings. The lowest BCUT2D eigenvalue weighted by Gasteiger charge is -2.42. The summed E-state index contributed by atoms with van der Waals surface area (Å²) in [6, 6.07) is 10.1. The van der Waals surface area contributed by atoms with E-state index in [4.69, 9.17) is 5.41 Å². The van der Waals surface area contributed by atoms with E-state index in [0.29, 0.717) is 37.0 Å². The molecule has 8 heteroatoms. The molecule has 1 aliphatic carbocycles. The number of benzene rings is 2. The molecule has 4 rings (SSSR count). The average molecular weight is 487 g/mol. The molecule has 0 spiro atoms. The second-order valence-corrected chi connectivity index (χ2v) is 12.1. The zero-order chi connectivity index (χ0) is 24.5. The van der Waals surface area contributed by atoms with E-state index in [1.807, 2.05) is 19.1 Å². The first-order valence-corrected chi connectivity index (χ1v) is 13.7. The van der Waals surface area contributed by atoms with Crippen LogP contribution < -0.4 is 5.32 Å². The Morgan fingerprint density at radius 3 is 2.50 bits per heavy atom. The van der Waals surface area contributed by atoms with Crippen LogP contribution in [0.1, 0.15) is 49.4 Å². The monoisotopic (exact) mass is 486 g/mol. The Balaban J connectivity index is 1.64. The maximum atomic E-state index is 13.3. The van der Waals surface area contributed by atoms with Gasteiger partial charge in [0.1, 0.15) is 5.82 Å². The summed E-state index contributed by atoms with van der Waals surface area (Å²) in [5, 5.41) is 11.3. The van der Waals surface area contributed by atoms with E-state index in [1.165, 1.54) is 18.3 Å². The Kier molecular flexibility index (Phi) is 7.40. The van der Waals surface area contributed by atoms with Crippen LogP contribution in [0.15, 0.2) is 36.4 Å². The summed E-state index contributed by atoms with van der Waals surface area (Å²) in [7, 11) is -3.27. The number of aryl methyl sites for hydroxylation is 1. The van der Waals surface area contributed by atoms with Gasteiger partial charge in [-0.3, -0.25) is 4.90 Å². The molecule has 0 radical (unpaired) electrons. The number of halogens is 1. The van der Waals surface area contributed by atoms with Gasteiger partial charge in [0.25, 0.3) is 0 Å². The molecule has 0 unspecified atom stereocenters. The normalized spacial score (nSPS) is 20.0. The van der Waals surface area contributed by atoms with Crippen LogP contribution in [0.25, 0.3) is 0 Å². The van der Waals surface area contributed by atoms with Crippen molar-refractivity contribution < 1.29 is 12.8 Å². The number of sulfonamides is 1. The van der Waals surface area contributed by atoms with Crippen LogP contribution in [-0.4, -0.2) is 55.8 Å². The van der Waals surface area contributed by atoms with E-state index in [-0.39, 0.29) is 17.6 Å². The van der Waals surface area contributed by atoms with Crippen LogP contribution in [0.4, 0.5) is 15.8 Å². The highest BCUT2D eigenvalue weighted by atomic mass is 32.2. The number of anilines is 2. The molecule has 0 amide bonds. The van der Waals surface area contributed by atoms with Crippen LogP contribution in [0.5, 0.6) is 0 Å². The predicted molar refractivity (Wildman–Crippen MR) is 136 cm³/mol. The molecular formula is C26H35FN4O2S. The van der Waals surface area contributed by atoms with Crippen molar-refractivity contribution in [2.75, 3.05) is 37.2 Å². The lowest BCUT2D eigenvalue weighted by Crippen LogP contribution is -2.52. The van der Waals surface area contributed by atoms with Gasteiger partial charge in [0.2, 0.25) is 10.0 Å². The molecule has 1 atom stereocenters. The number of rotatable bonds is 9. The smallest absolute Gasteiger partial charge is 0.214 e. The van der Waals surface area contributed by atoms with E-state index >= 15 is 0 Å². The van der Waals surface area contributed by atoms with Crippen molar-refractivity contribution >= 4 is 27.6 Å². The van der Waals surface area contributed by atoms with Crippen LogP contribution in [0.2, 0.25) is 0 Å². The summed E-state index contributed by atoms with van der Waals surface area (Å²) in [6.45, 7) is 8.93. The third kappa shape index (κ3) is 5.85. The van der Waals surface area contributed by atoms with E-state index in [0.717, 1.165) is 41.9 Å². The molecule has 1 heterocycles. The van der Waals surface area contributed by atoms with Crippen molar-refractivity contribution in [3.05, 3.63) is 58.9 Å². The van der Waals surface area contributed by atoms with Crippen molar-refractivity contribution in [1.29, 1.82) is 5.41 Å². The van der Waals surface area contributed by atoms with Crippen LogP contribution in [-0.2, 0) is 10.0 Å². The van der Waals surface area contributed by atoms with E-state index in [2.05, 4.69) is 24.1 Å². The van der Waals surface area contributed by atoms with Crippen molar-refractivity contribution in [1.82, 2.24) is 9.21 Å². The van der Waals surface area contributed by atoms with Crippen molar-refractivity contribution in [2.45, 2.75) is 39.7 Å². The molecule has 0 bridgehead atoms. The number of piperazine rings is 1. The topological polar surface area (TPSA) is 76.5 Å². The molecule has 1 saturated carbocycles. The SMILES string of the molecule is Cc1cc(Nc2ccc(F)cc2)c(C=N)cc1[C@@H]1CN(S(=O)(=O)CC2CC2)CCN1CC(C)C. The summed E-state index contributed by atoms with van der Waals surface area (Å²) in [5.41, 5.74) is 4.32. The first-order chi connectivity index (χ1) is 16.2. The Morgan fingerprint density at radius 2 is 1.88 bits per heavy atom. The largest absolute Gasteiger partial charge is 0.355 e. The van der Waals surface area contributed by atoms with Crippen molar-refractivity contribution in [3.8, 4) is 0 Å². The minimum atomic E-state index is -3.27. The third-order valence-corrected chi connectivity index (χ3v) is 8.68. The predicted octanol–water partition coefficient (Wildman–Crippen LogP) is 4.93. The van der Waals surface area contributed by atoms with E-state index < -0.39 is 10.0 Å². The molecule has 2 N–H and O–H groups in total. The molecule has 2 aromatic rings. The number of hydrogen-bond acceptors (Lipinski definition) is 5. The number of nitrogens with zero attached hydrogens (tertiary/aromatic N) is 2. The molecule has 6 nitrogen and oxygen atoms in total. The molecule has 1 saturated heterocycles. The van der Waals surface area contributed by atoms with Crippen LogP contribution >= 0.6 is 0 Å². The minimum Gasteiger partial charge on any atom is -0.355 e. The molecule has 34 heavy (non-hydrogen) atoms. The summed E-state index contributed by atoms with van der Waals surface area (Å²) in [4.78, 5) is 2.39. The maximum Gasteiger partial charge on any atom is 0.214 e. The second-order valence-electron chi connectivity index (χ2n) is 10.1. The molecular weight excluding hydrogens is 451 g/mol. The zero-order valence-corrected chi connectivity index (χ0v) is 21.0. The maximum absolute atomic E-state index is 13.3. The van der Waals surface area contributed by atoms with Gasteiger partial charge in [-0.2, -0.15) is 4.31 Å². The first kappa shape index (κ1) is 24.8. The van der Waals surface area contributed by atoms with Gasteiger partial charge in [-0.15, -0.1) is 0 Å². The van der Waals surface area contributed by atoms with Crippen LogP contribution in [0.3, 0.4) is 0 Å². The van der Waals surface area contributed by atoms with Gasteiger partial charge in [0.05, 0.1) is 5.75 Å². The lowest BCUT2D eigenvalue weighted by atomic mass is 9.94. The van der Waals surface area contributed by atoms with Gasteiger partial charge in [0, 0.05) is 55.4 Å². The highest BCUT2D eigenvalue weighted by molar-refractivity contribution is 7.89. The highest BCUT2D eigenvalue weighted by Crippen LogP contribution is 2.35. The van der Waals surface area contributed by atoms with Crippen LogP contribution in [0, 0.1) is 30.0 Å². The summed E-state index contributed by atoms with van der Waals surface area (Å²) in [5.74, 6) is 0.738. The number of hydrogen-bond donors (Lipinski definition) is 2. The van der Waals surface area contributed by atoms with E-state index in [9.17, 15) is 12.8 Å². The van der Waals surface area contributed by atoms with E-state index in [1.54, 1.807) is 16.4 Å². The van der Waals surface area contributed by atoms with Gasteiger partial charge in [0.15, 0.2) is 0 Å². The second kappa shape index (κ2) is 10.1. The molecule has 0 aromatic heterocycles. The third-order valence-electron chi connectivity index (χ3n) is 6.67. The fraction of sp³-hybridized carbons (Fsp3) is 0.500. The van der Waals surface area contributed by atoms with Crippen molar-refractivity contribution in [3.63, 3.8) is 0 Å². The Morgan fingerprint density at radius 1 is 1.18 bits per heavy atom. The summed E-state index contributed by atoms with van der Waals surface area (Å²) in [6.07, 6.45) is 3.34. The van der Waals surface area contributed by atoms with Gasteiger partial charge in [-0.1, -0.05) is 13.8 Å². The quantitative estimate of drug-likeness (QED) is 0.493. The van der Waals surface area contributed by atoms with Gasteiger partial charge < -0.3 is 10.7 Å². The van der Waals surface area contributed by atoms with Gasteiger partial charge >= 0.3 is 0 Å².